The molecule has 9 heteroatoms. The molecule has 0 aliphatic heterocycles. The maximum absolute atomic E-state index is 12.3. The van der Waals surface area contributed by atoms with Gasteiger partial charge in [-0.2, -0.15) is 0 Å². The van der Waals surface area contributed by atoms with E-state index in [0.29, 0.717) is 13.0 Å². The Hall–Kier alpha value is -0.500. The number of hydrogen-bond donors (Lipinski definition) is 2. The van der Waals surface area contributed by atoms with Crippen LogP contribution >= 0.6 is 7.82 Å². The Morgan fingerprint density at radius 2 is 1.26 bits per heavy atom. The molecule has 0 aliphatic rings. The molecular formula is C29H62N2O6P+. The zero-order chi connectivity index (χ0) is 28.5. The highest BCUT2D eigenvalue weighted by Gasteiger charge is 2.27. The van der Waals surface area contributed by atoms with Crippen LogP contribution in [-0.4, -0.2) is 75.4 Å². The van der Waals surface area contributed by atoms with Crippen LogP contribution in [0.2, 0.25) is 0 Å². The number of carbonyl (C=O) groups excluding carboxylic acids is 1. The number of phosphoric ester groups is 1. The van der Waals surface area contributed by atoms with Crippen LogP contribution in [-0.2, 0) is 23.1 Å². The number of quaternary nitrogens is 1. The van der Waals surface area contributed by atoms with Crippen molar-refractivity contribution in [3.05, 3.63) is 0 Å². The predicted molar refractivity (Wildman–Crippen MR) is 157 cm³/mol. The van der Waals surface area contributed by atoms with Crippen molar-refractivity contribution in [2.45, 2.75) is 129 Å². The molecule has 0 spiro atoms. The summed E-state index contributed by atoms with van der Waals surface area (Å²) < 4.78 is 29.2. The lowest BCUT2D eigenvalue weighted by molar-refractivity contribution is -0.870. The average molecular weight is 566 g/mol. The van der Waals surface area contributed by atoms with E-state index in [4.69, 9.17) is 13.8 Å². The standard InChI is InChI=1S/C29H61N2O6P/c1-6-7-8-9-10-11-12-13-14-15-16-17-18-19-20-21-24-35-27-29(26-30-28(2)32)37-38(33,34)36-25-22-23-31(3,4)5/h29H,6-27H2,1-5H3,(H-,30,32,33,34)/p+1. The summed E-state index contributed by atoms with van der Waals surface area (Å²) in [5.74, 6) is -0.229. The summed E-state index contributed by atoms with van der Waals surface area (Å²) in [6, 6.07) is 0. The van der Waals surface area contributed by atoms with Gasteiger partial charge in [-0.05, 0) is 6.42 Å². The molecule has 0 heterocycles. The van der Waals surface area contributed by atoms with Crippen LogP contribution < -0.4 is 5.32 Å². The second-order valence-corrected chi connectivity index (χ2v) is 13.1. The molecule has 0 saturated carbocycles. The van der Waals surface area contributed by atoms with Crippen molar-refractivity contribution < 1.29 is 32.5 Å². The molecule has 0 aromatic rings. The molecule has 2 unspecified atom stereocenters. The van der Waals surface area contributed by atoms with E-state index in [0.717, 1.165) is 23.9 Å². The van der Waals surface area contributed by atoms with E-state index in [2.05, 4.69) is 33.4 Å². The van der Waals surface area contributed by atoms with Crippen molar-refractivity contribution in [2.24, 2.45) is 0 Å². The lowest BCUT2D eigenvalue weighted by Gasteiger charge is -2.24. The quantitative estimate of drug-likeness (QED) is 0.0603. The summed E-state index contributed by atoms with van der Waals surface area (Å²) in [5.41, 5.74) is 0. The summed E-state index contributed by atoms with van der Waals surface area (Å²) in [6.45, 7) is 5.42. The van der Waals surface area contributed by atoms with E-state index in [9.17, 15) is 14.3 Å². The molecule has 0 rings (SSSR count). The van der Waals surface area contributed by atoms with Crippen LogP contribution in [0.15, 0.2) is 0 Å². The number of ether oxygens (including phenoxy) is 1. The molecule has 0 bridgehead atoms. The number of nitrogens with one attached hydrogen (secondary N) is 1. The topological polar surface area (TPSA) is 94.1 Å². The molecular weight excluding hydrogens is 503 g/mol. The fraction of sp³-hybridized carbons (Fsp3) is 0.966. The van der Waals surface area contributed by atoms with Crippen LogP contribution in [0.1, 0.15) is 123 Å². The number of hydrogen-bond acceptors (Lipinski definition) is 5. The van der Waals surface area contributed by atoms with Gasteiger partial charge in [0, 0.05) is 26.5 Å². The monoisotopic (exact) mass is 565 g/mol. The minimum absolute atomic E-state index is 0.0983. The number of phosphoric acid groups is 1. The van der Waals surface area contributed by atoms with Gasteiger partial charge in [0.1, 0.15) is 6.10 Å². The molecule has 0 fully saturated rings. The zero-order valence-corrected chi connectivity index (χ0v) is 26.4. The van der Waals surface area contributed by atoms with Crippen molar-refractivity contribution in [1.82, 2.24) is 5.32 Å². The van der Waals surface area contributed by atoms with Crippen molar-refractivity contribution in [3.63, 3.8) is 0 Å². The van der Waals surface area contributed by atoms with Crippen LogP contribution in [0.3, 0.4) is 0 Å². The molecule has 2 N–H and O–H groups in total. The Morgan fingerprint density at radius 3 is 1.71 bits per heavy atom. The van der Waals surface area contributed by atoms with E-state index >= 15 is 0 Å². The van der Waals surface area contributed by atoms with Gasteiger partial charge in [0.2, 0.25) is 5.91 Å². The van der Waals surface area contributed by atoms with Crippen molar-refractivity contribution >= 4 is 13.7 Å². The van der Waals surface area contributed by atoms with Gasteiger partial charge in [-0.15, -0.1) is 0 Å². The first kappa shape index (κ1) is 37.5. The Balaban J connectivity index is 3.81. The van der Waals surface area contributed by atoms with Gasteiger partial charge in [0.15, 0.2) is 0 Å². The molecule has 8 nitrogen and oxygen atoms in total. The second kappa shape index (κ2) is 24.3. The normalized spacial score (nSPS) is 14.4. The highest BCUT2D eigenvalue weighted by molar-refractivity contribution is 7.47. The molecule has 2 atom stereocenters. The molecule has 0 aromatic heterocycles. The lowest BCUT2D eigenvalue weighted by Crippen LogP contribution is -2.36. The lowest BCUT2D eigenvalue weighted by atomic mass is 10.0. The third-order valence-corrected chi connectivity index (χ3v) is 7.61. The number of amides is 1. The van der Waals surface area contributed by atoms with Gasteiger partial charge in [-0.3, -0.25) is 13.8 Å². The zero-order valence-electron chi connectivity index (χ0n) is 25.5. The van der Waals surface area contributed by atoms with E-state index in [1.165, 1.54) is 96.8 Å². The van der Waals surface area contributed by atoms with Gasteiger partial charge >= 0.3 is 7.82 Å². The Labute approximate surface area is 234 Å². The smallest absolute Gasteiger partial charge is 0.379 e. The molecule has 0 radical (unpaired) electrons. The van der Waals surface area contributed by atoms with Crippen molar-refractivity contribution in [1.29, 1.82) is 0 Å². The average Bonchev–Trinajstić information content (AvgIpc) is 2.83. The molecule has 0 aliphatic carbocycles. The summed E-state index contributed by atoms with van der Waals surface area (Å²) in [5, 5.41) is 2.63. The predicted octanol–water partition coefficient (Wildman–Crippen LogP) is 7.00. The summed E-state index contributed by atoms with van der Waals surface area (Å²) in [7, 11) is 1.93. The third-order valence-electron chi connectivity index (χ3n) is 6.53. The minimum Gasteiger partial charge on any atom is -0.379 e. The summed E-state index contributed by atoms with van der Waals surface area (Å²) in [6.07, 6.45) is 21.0. The van der Waals surface area contributed by atoms with Crippen molar-refractivity contribution in [3.8, 4) is 0 Å². The molecule has 228 valence electrons. The van der Waals surface area contributed by atoms with Gasteiger partial charge in [-0.1, -0.05) is 103 Å². The van der Waals surface area contributed by atoms with Crippen molar-refractivity contribution in [2.75, 3.05) is 54.1 Å². The van der Waals surface area contributed by atoms with Crippen LogP contribution in [0.4, 0.5) is 0 Å². The Morgan fingerprint density at radius 1 is 0.789 bits per heavy atom. The Kier molecular flexibility index (Phi) is 24.0. The number of carbonyl (C=O) groups is 1. The van der Waals surface area contributed by atoms with E-state index < -0.39 is 13.9 Å². The minimum atomic E-state index is -4.22. The number of unbranched alkanes of at least 4 members (excludes halogenated alkanes) is 15. The van der Waals surface area contributed by atoms with Crippen LogP contribution in [0, 0.1) is 0 Å². The second-order valence-electron chi connectivity index (χ2n) is 11.7. The number of rotatable bonds is 28. The third kappa shape index (κ3) is 28.5. The van der Waals surface area contributed by atoms with E-state index in [1.807, 2.05) is 0 Å². The van der Waals surface area contributed by atoms with Gasteiger partial charge in [-0.25, -0.2) is 4.57 Å². The van der Waals surface area contributed by atoms with Gasteiger partial charge in [0.25, 0.3) is 0 Å². The molecule has 0 saturated heterocycles. The summed E-state index contributed by atoms with van der Waals surface area (Å²) >= 11 is 0. The maximum Gasteiger partial charge on any atom is 0.472 e. The molecule has 38 heavy (non-hydrogen) atoms. The Bertz CT molecular complexity index is 600. The highest BCUT2D eigenvalue weighted by Crippen LogP contribution is 2.44. The van der Waals surface area contributed by atoms with Gasteiger partial charge < -0.3 is 19.4 Å². The van der Waals surface area contributed by atoms with E-state index in [-0.39, 0.29) is 25.7 Å². The molecule has 0 aromatic carbocycles. The fourth-order valence-corrected chi connectivity index (χ4v) is 5.22. The highest BCUT2D eigenvalue weighted by atomic mass is 31.2. The summed E-state index contributed by atoms with van der Waals surface area (Å²) in [4.78, 5) is 21.4. The first-order valence-corrected chi connectivity index (χ1v) is 16.8. The van der Waals surface area contributed by atoms with Crippen LogP contribution in [0.25, 0.3) is 0 Å². The SMILES string of the molecule is CCCCCCCCCCCCCCCCCCOCC(CNC(C)=O)OP(=O)(O)OCCC[N+](C)(C)C. The first-order valence-electron chi connectivity index (χ1n) is 15.3. The first-order chi connectivity index (χ1) is 18.1. The fourth-order valence-electron chi connectivity index (χ4n) is 4.29. The van der Waals surface area contributed by atoms with Crippen LogP contribution in [0.5, 0.6) is 0 Å². The van der Waals surface area contributed by atoms with E-state index in [1.54, 1.807) is 0 Å². The van der Waals surface area contributed by atoms with Gasteiger partial charge in [0.05, 0.1) is 40.9 Å². The number of nitrogens with zero attached hydrogens (tertiary/aromatic N) is 1. The maximum atomic E-state index is 12.3. The molecule has 1 amide bonds. The largest absolute Gasteiger partial charge is 0.472 e.